The second-order valence-electron chi connectivity index (χ2n) is 1.22. The minimum absolute atomic E-state index is 0.0139. The highest BCUT2D eigenvalue weighted by molar-refractivity contribution is 8.02. The molecule has 1 fully saturated rings. The third-order valence-electron chi connectivity index (χ3n) is 0.736. The van der Waals surface area contributed by atoms with Crippen LogP contribution in [-0.4, -0.2) is 11.9 Å². The molecule has 1 aliphatic rings. The van der Waals surface area contributed by atoms with Gasteiger partial charge in [-0.25, -0.2) is 0 Å². The third kappa shape index (κ3) is 1.08. The van der Waals surface area contributed by atoms with Crippen molar-refractivity contribution in [2.24, 2.45) is 0 Å². The molecule has 0 aromatic rings. The Hall–Kier alpha value is -0.200. The molecule has 1 rings (SSSR count). The lowest BCUT2D eigenvalue weighted by atomic mass is 10.6. The van der Waals surface area contributed by atoms with E-state index in [9.17, 15) is 0 Å². The SMILES string of the molecule is N#CC1NC[CH]S1. The van der Waals surface area contributed by atoms with Crippen LogP contribution in [0.4, 0.5) is 0 Å². The van der Waals surface area contributed by atoms with Crippen molar-refractivity contribution in [3.63, 3.8) is 0 Å². The number of nitriles is 1. The molecule has 1 unspecified atom stereocenters. The summed E-state index contributed by atoms with van der Waals surface area (Å²) in [5, 5.41) is 11.2. The van der Waals surface area contributed by atoms with E-state index in [1.807, 2.05) is 5.75 Å². The van der Waals surface area contributed by atoms with Crippen molar-refractivity contribution in [2.75, 3.05) is 6.54 Å². The predicted octanol–water partition coefficient (Wildman–Crippen LogP) is 0.334. The Kier molecular flexibility index (Phi) is 1.55. The van der Waals surface area contributed by atoms with Gasteiger partial charge in [-0.1, -0.05) is 0 Å². The summed E-state index contributed by atoms with van der Waals surface area (Å²) in [6.07, 6.45) is 0. The van der Waals surface area contributed by atoms with E-state index in [-0.39, 0.29) is 5.37 Å². The lowest BCUT2D eigenvalue weighted by Crippen LogP contribution is -2.16. The average molecular weight is 113 g/mol. The van der Waals surface area contributed by atoms with E-state index in [0.29, 0.717) is 0 Å². The van der Waals surface area contributed by atoms with Crippen LogP contribution in [-0.2, 0) is 0 Å². The zero-order chi connectivity index (χ0) is 5.11. The Balaban J connectivity index is 2.31. The van der Waals surface area contributed by atoms with Gasteiger partial charge in [0, 0.05) is 12.3 Å². The third-order valence-corrected chi connectivity index (χ3v) is 1.64. The van der Waals surface area contributed by atoms with Gasteiger partial charge < -0.3 is 0 Å². The molecular weight excluding hydrogens is 108 g/mol. The van der Waals surface area contributed by atoms with Gasteiger partial charge in [0.25, 0.3) is 0 Å². The molecule has 7 heavy (non-hydrogen) atoms. The van der Waals surface area contributed by atoms with Crippen LogP contribution in [0.25, 0.3) is 0 Å². The Bertz CT molecular complexity index is 90.4. The lowest BCUT2D eigenvalue weighted by molar-refractivity contribution is 0.831. The Labute approximate surface area is 46.9 Å². The molecule has 0 aromatic heterocycles. The van der Waals surface area contributed by atoms with Crippen LogP contribution in [0.5, 0.6) is 0 Å². The molecule has 0 saturated carbocycles. The zero-order valence-electron chi connectivity index (χ0n) is 3.72. The second-order valence-corrected chi connectivity index (χ2v) is 2.30. The second kappa shape index (κ2) is 2.20. The summed E-state index contributed by atoms with van der Waals surface area (Å²) in [6, 6.07) is 2.08. The fourth-order valence-electron chi connectivity index (χ4n) is 0.424. The van der Waals surface area contributed by atoms with Crippen molar-refractivity contribution >= 4 is 11.8 Å². The van der Waals surface area contributed by atoms with E-state index in [1.54, 1.807) is 11.8 Å². The van der Waals surface area contributed by atoms with Crippen molar-refractivity contribution in [1.82, 2.24) is 5.32 Å². The van der Waals surface area contributed by atoms with Crippen LogP contribution < -0.4 is 5.32 Å². The summed E-state index contributed by atoms with van der Waals surface area (Å²) in [6.45, 7) is 0.864. The fraction of sp³-hybridized carbons (Fsp3) is 0.500. The fourth-order valence-corrected chi connectivity index (χ4v) is 1.06. The monoisotopic (exact) mass is 113 g/mol. The van der Waals surface area contributed by atoms with Gasteiger partial charge >= 0.3 is 0 Å². The Morgan fingerprint density at radius 3 is 3.14 bits per heavy atom. The lowest BCUT2D eigenvalue weighted by Gasteiger charge is -1.90. The molecule has 0 spiro atoms. The van der Waals surface area contributed by atoms with Crippen LogP contribution in [0.3, 0.4) is 0 Å². The Morgan fingerprint density at radius 2 is 2.86 bits per heavy atom. The molecule has 0 aliphatic carbocycles. The number of rotatable bonds is 0. The largest absolute Gasteiger partial charge is 0.292 e. The predicted molar refractivity (Wildman–Crippen MR) is 29.3 cm³/mol. The molecule has 0 amide bonds. The van der Waals surface area contributed by atoms with Gasteiger partial charge in [0.2, 0.25) is 0 Å². The van der Waals surface area contributed by atoms with E-state index in [4.69, 9.17) is 5.26 Å². The molecule has 1 heterocycles. The Morgan fingerprint density at radius 1 is 2.00 bits per heavy atom. The minimum atomic E-state index is 0.0139. The molecule has 1 radical (unpaired) electrons. The van der Waals surface area contributed by atoms with Crippen LogP contribution >= 0.6 is 11.8 Å². The van der Waals surface area contributed by atoms with Crippen LogP contribution in [0.15, 0.2) is 0 Å². The summed E-state index contributed by atoms with van der Waals surface area (Å²) in [7, 11) is 0. The number of thioether (sulfide) groups is 1. The molecule has 37 valence electrons. The van der Waals surface area contributed by atoms with Crippen molar-refractivity contribution in [1.29, 1.82) is 5.26 Å². The summed E-state index contributed by atoms with van der Waals surface area (Å²) >= 11 is 1.55. The van der Waals surface area contributed by atoms with E-state index >= 15 is 0 Å². The topological polar surface area (TPSA) is 35.8 Å². The smallest absolute Gasteiger partial charge is 0.142 e. The van der Waals surface area contributed by atoms with E-state index in [0.717, 1.165) is 6.54 Å². The number of hydrogen-bond donors (Lipinski definition) is 1. The highest BCUT2D eigenvalue weighted by Crippen LogP contribution is 2.15. The van der Waals surface area contributed by atoms with Crippen LogP contribution in [0.1, 0.15) is 0 Å². The van der Waals surface area contributed by atoms with Crippen LogP contribution in [0, 0.1) is 17.1 Å². The van der Waals surface area contributed by atoms with Gasteiger partial charge in [-0.2, -0.15) is 5.26 Å². The molecule has 1 atom stereocenters. The van der Waals surface area contributed by atoms with Gasteiger partial charge in [-0.15, -0.1) is 11.8 Å². The maximum Gasteiger partial charge on any atom is 0.142 e. The molecule has 1 N–H and O–H groups in total. The molecule has 0 bridgehead atoms. The van der Waals surface area contributed by atoms with Crippen molar-refractivity contribution in [3.05, 3.63) is 5.75 Å². The maximum absolute atomic E-state index is 8.21. The number of nitrogens with zero attached hydrogens (tertiary/aromatic N) is 1. The van der Waals surface area contributed by atoms with Gasteiger partial charge in [-0.3, -0.25) is 5.32 Å². The highest BCUT2D eigenvalue weighted by Gasteiger charge is 2.11. The van der Waals surface area contributed by atoms with Gasteiger partial charge in [0.05, 0.1) is 6.07 Å². The van der Waals surface area contributed by atoms with Gasteiger partial charge in [0.15, 0.2) is 0 Å². The summed E-state index contributed by atoms with van der Waals surface area (Å²) in [4.78, 5) is 0. The van der Waals surface area contributed by atoms with Crippen molar-refractivity contribution < 1.29 is 0 Å². The van der Waals surface area contributed by atoms with Crippen molar-refractivity contribution in [3.8, 4) is 6.07 Å². The molecular formula is C4H5N2S. The highest BCUT2D eigenvalue weighted by atomic mass is 32.2. The van der Waals surface area contributed by atoms with E-state index in [2.05, 4.69) is 11.4 Å². The number of hydrogen-bond acceptors (Lipinski definition) is 3. The first-order valence-corrected chi connectivity index (χ1v) is 2.98. The van der Waals surface area contributed by atoms with Gasteiger partial charge in [0.1, 0.15) is 5.37 Å². The molecule has 1 saturated heterocycles. The first-order valence-electron chi connectivity index (χ1n) is 2.03. The number of nitrogens with one attached hydrogen (secondary N) is 1. The summed E-state index contributed by atoms with van der Waals surface area (Å²) < 4.78 is 0. The van der Waals surface area contributed by atoms with Gasteiger partial charge in [-0.05, 0) is 0 Å². The molecule has 2 nitrogen and oxygen atoms in total. The summed E-state index contributed by atoms with van der Waals surface area (Å²) in [5.41, 5.74) is 0. The normalized spacial score (nSPS) is 29.9. The molecule has 0 aromatic carbocycles. The first-order chi connectivity index (χ1) is 3.43. The quantitative estimate of drug-likeness (QED) is 0.492. The average Bonchev–Trinajstić information content (AvgIpc) is 2.14. The van der Waals surface area contributed by atoms with E-state index in [1.165, 1.54) is 0 Å². The molecule has 1 aliphatic heterocycles. The zero-order valence-corrected chi connectivity index (χ0v) is 4.53. The summed E-state index contributed by atoms with van der Waals surface area (Å²) in [5.74, 6) is 1.99. The minimum Gasteiger partial charge on any atom is -0.292 e. The van der Waals surface area contributed by atoms with Crippen molar-refractivity contribution in [2.45, 2.75) is 5.37 Å². The van der Waals surface area contributed by atoms with Crippen LogP contribution in [0.2, 0.25) is 0 Å². The standard InChI is InChI=1S/C4H5N2S/c5-3-4-6-1-2-7-4/h2,4,6H,1H2. The molecule has 3 heteroatoms. The first kappa shape index (κ1) is 4.95. The van der Waals surface area contributed by atoms with E-state index < -0.39 is 0 Å². The maximum atomic E-state index is 8.21.